The molecule has 0 aliphatic heterocycles. The highest BCUT2D eigenvalue weighted by Gasteiger charge is 2.18. The molecule has 0 saturated heterocycles. The molecule has 0 aliphatic carbocycles. The summed E-state index contributed by atoms with van der Waals surface area (Å²) in [6.45, 7) is 2.89. The summed E-state index contributed by atoms with van der Waals surface area (Å²) in [5.41, 5.74) is 7.55. The molecule has 0 radical (unpaired) electrons. The van der Waals surface area contributed by atoms with Crippen LogP contribution in [0.15, 0.2) is 42.5 Å². The number of rotatable bonds is 4. The van der Waals surface area contributed by atoms with E-state index in [1.165, 1.54) is 0 Å². The van der Waals surface area contributed by atoms with Crippen molar-refractivity contribution in [2.75, 3.05) is 12.3 Å². The molecule has 0 heterocycles. The van der Waals surface area contributed by atoms with Crippen molar-refractivity contribution in [2.45, 2.75) is 13.5 Å². The van der Waals surface area contributed by atoms with Gasteiger partial charge in [0.05, 0.1) is 10.6 Å². The van der Waals surface area contributed by atoms with Gasteiger partial charge in [-0.25, -0.2) is 0 Å². The van der Waals surface area contributed by atoms with Gasteiger partial charge in [0, 0.05) is 23.8 Å². The van der Waals surface area contributed by atoms with Crippen molar-refractivity contribution in [2.24, 2.45) is 0 Å². The second kappa shape index (κ2) is 6.83. The molecule has 2 aromatic rings. The van der Waals surface area contributed by atoms with Gasteiger partial charge in [-0.2, -0.15) is 0 Å². The molecule has 2 rings (SSSR count). The van der Waals surface area contributed by atoms with Crippen molar-refractivity contribution in [3.63, 3.8) is 0 Å². The molecule has 0 spiro atoms. The van der Waals surface area contributed by atoms with Crippen LogP contribution < -0.4 is 5.73 Å². The van der Waals surface area contributed by atoms with E-state index >= 15 is 0 Å². The Morgan fingerprint density at radius 1 is 1.14 bits per heavy atom. The number of hydrogen-bond acceptors (Lipinski definition) is 2. The van der Waals surface area contributed by atoms with Gasteiger partial charge < -0.3 is 10.6 Å². The number of carbonyl (C=O) groups excluding carboxylic acids is 1. The Hall–Kier alpha value is -1.71. The molecule has 0 aromatic heterocycles. The molecule has 0 saturated carbocycles. The predicted octanol–water partition coefficient (Wildman–Crippen LogP) is 4.24. The van der Waals surface area contributed by atoms with Crippen LogP contribution in [0.2, 0.25) is 10.0 Å². The number of hydrogen-bond donors (Lipinski definition) is 1. The van der Waals surface area contributed by atoms with Gasteiger partial charge in [-0.15, -0.1) is 0 Å². The van der Waals surface area contributed by atoms with Crippen LogP contribution in [0.3, 0.4) is 0 Å². The van der Waals surface area contributed by atoms with Crippen molar-refractivity contribution in [3.05, 3.63) is 63.6 Å². The summed E-state index contributed by atoms with van der Waals surface area (Å²) in [7, 11) is 0. The van der Waals surface area contributed by atoms with E-state index < -0.39 is 0 Å². The van der Waals surface area contributed by atoms with E-state index in [9.17, 15) is 4.79 Å². The van der Waals surface area contributed by atoms with Gasteiger partial charge in [-0.1, -0.05) is 41.4 Å². The lowest BCUT2D eigenvalue weighted by molar-refractivity contribution is 0.0753. The maximum Gasteiger partial charge on any atom is 0.255 e. The van der Waals surface area contributed by atoms with Crippen LogP contribution in [0, 0.1) is 0 Å². The first-order chi connectivity index (χ1) is 10.0. The van der Waals surface area contributed by atoms with Gasteiger partial charge >= 0.3 is 0 Å². The average Bonchev–Trinajstić information content (AvgIpc) is 2.48. The summed E-state index contributed by atoms with van der Waals surface area (Å²) < 4.78 is 0. The number of nitrogen functional groups attached to an aromatic ring is 1. The Labute approximate surface area is 134 Å². The van der Waals surface area contributed by atoms with Crippen molar-refractivity contribution in [3.8, 4) is 0 Å². The smallest absolute Gasteiger partial charge is 0.255 e. The summed E-state index contributed by atoms with van der Waals surface area (Å²) >= 11 is 12.2. The Morgan fingerprint density at radius 2 is 1.86 bits per heavy atom. The van der Waals surface area contributed by atoms with E-state index in [0.717, 1.165) is 5.56 Å². The van der Waals surface area contributed by atoms with E-state index in [-0.39, 0.29) is 5.91 Å². The summed E-state index contributed by atoms with van der Waals surface area (Å²) in [4.78, 5) is 14.3. The van der Waals surface area contributed by atoms with Crippen LogP contribution in [0.5, 0.6) is 0 Å². The zero-order valence-electron chi connectivity index (χ0n) is 11.6. The molecular weight excluding hydrogens is 307 g/mol. The van der Waals surface area contributed by atoms with Crippen LogP contribution in [0.1, 0.15) is 22.8 Å². The molecule has 3 nitrogen and oxygen atoms in total. The van der Waals surface area contributed by atoms with Crippen molar-refractivity contribution < 1.29 is 4.79 Å². The number of anilines is 1. The molecule has 0 bridgehead atoms. The lowest BCUT2D eigenvalue weighted by Gasteiger charge is -2.22. The van der Waals surface area contributed by atoms with E-state index in [4.69, 9.17) is 28.9 Å². The summed E-state index contributed by atoms with van der Waals surface area (Å²) in [5, 5.41) is 1.04. The molecule has 21 heavy (non-hydrogen) atoms. The SMILES string of the molecule is CCN(Cc1ccccc1Cl)C(=O)c1cc(N)ccc1Cl. The van der Waals surface area contributed by atoms with Crippen LogP contribution in [-0.2, 0) is 6.54 Å². The average molecular weight is 323 g/mol. The number of amides is 1. The minimum atomic E-state index is -0.158. The van der Waals surface area contributed by atoms with Gasteiger partial charge in [0.25, 0.3) is 5.91 Å². The number of halogens is 2. The highest BCUT2D eigenvalue weighted by Crippen LogP contribution is 2.23. The van der Waals surface area contributed by atoms with Gasteiger partial charge in [-0.05, 0) is 36.8 Å². The first kappa shape index (κ1) is 15.7. The van der Waals surface area contributed by atoms with Crippen molar-refractivity contribution in [1.29, 1.82) is 0 Å². The highest BCUT2D eigenvalue weighted by atomic mass is 35.5. The largest absolute Gasteiger partial charge is 0.399 e. The molecule has 0 fully saturated rings. The molecule has 110 valence electrons. The highest BCUT2D eigenvalue weighted by molar-refractivity contribution is 6.34. The number of nitrogens with zero attached hydrogens (tertiary/aromatic N) is 1. The van der Waals surface area contributed by atoms with Crippen molar-refractivity contribution in [1.82, 2.24) is 4.90 Å². The summed E-state index contributed by atoms with van der Waals surface area (Å²) in [5.74, 6) is -0.158. The third kappa shape index (κ3) is 3.69. The van der Waals surface area contributed by atoms with Crippen LogP contribution in [-0.4, -0.2) is 17.4 Å². The predicted molar refractivity (Wildman–Crippen MR) is 87.7 cm³/mol. The minimum absolute atomic E-state index is 0.158. The number of carbonyl (C=O) groups is 1. The molecule has 5 heteroatoms. The lowest BCUT2D eigenvalue weighted by Crippen LogP contribution is -2.30. The Kier molecular flexibility index (Phi) is 5.10. The molecule has 2 aromatic carbocycles. The number of benzene rings is 2. The normalized spacial score (nSPS) is 10.4. The topological polar surface area (TPSA) is 46.3 Å². The van der Waals surface area contributed by atoms with Crippen LogP contribution in [0.25, 0.3) is 0 Å². The number of nitrogens with two attached hydrogens (primary N) is 1. The quantitative estimate of drug-likeness (QED) is 0.856. The third-order valence-corrected chi connectivity index (χ3v) is 3.91. The molecule has 1 amide bonds. The molecule has 0 atom stereocenters. The summed E-state index contributed by atoms with van der Waals surface area (Å²) in [6, 6.07) is 12.4. The first-order valence-electron chi connectivity index (χ1n) is 6.60. The monoisotopic (exact) mass is 322 g/mol. The Morgan fingerprint density at radius 3 is 2.52 bits per heavy atom. The maximum atomic E-state index is 12.6. The molecular formula is C16H16Cl2N2O. The van der Waals surface area contributed by atoms with Crippen LogP contribution >= 0.6 is 23.2 Å². The second-order valence-corrected chi connectivity index (χ2v) is 5.46. The van der Waals surface area contributed by atoms with E-state index in [1.807, 2.05) is 31.2 Å². The fourth-order valence-corrected chi connectivity index (χ4v) is 2.43. The Bertz CT molecular complexity index is 658. The van der Waals surface area contributed by atoms with Gasteiger partial charge in [0.15, 0.2) is 0 Å². The van der Waals surface area contributed by atoms with Gasteiger partial charge in [-0.3, -0.25) is 4.79 Å². The van der Waals surface area contributed by atoms with Gasteiger partial charge in [0.2, 0.25) is 0 Å². The van der Waals surface area contributed by atoms with Crippen LogP contribution in [0.4, 0.5) is 5.69 Å². The van der Waals surface area contributed by atoms with E-state index in [1.54, 1.807) is 23.1 Å². The van der Waals surface area contributed by atoms with Crippen molar-refractivity contribution >= 4 is 34.8 Å². The standard InChI is InChI=1S/C16H16Cl2N2O/c1-2-20(10-11-5-3-4-6-14(11)17)16(21)13-9-12(19)7-8-15(13)18/h3-9H,2,10,19H2,1H3. The zero-order chi connectivity index (χ0) is 15.4. The zero-order valence-corrected chi connectivity index (χ0v) is 13.2. The minimum Gasteiger partial charge on any atom is -0.399 e. The van der Waals surface area contributed by atoms with E-state index in [2.05, 4.69) is 0 Å². The fourth-order valence-electron chi connectivity index (χ4n) is 2.04. The fraction of sp³-hybridized carbons (Fsp3) is 0.188. The maximum absolute atomic E-state index is 12.6. The van der Waals surface area contributed by atoms with Gasteiger partial charge in [0.1, 0.15) is 0 Å². The third-order valence-electron chi connectivity index (χ3n) is 3.21. The van der Waals surface area contributed by atoms with E-state index in [0.29, 0.717) is 34.4 Å². The molecule has 2 N–H and O–H groups in total. The first-order valence-corrected chi connectivity index (χ1v) is 7.36. The molecule has 0 unspecified atom stereocenters. The summed E-state index contributed by atoms with van der Waals surface area (Å²) in [6.07, 6.45) is 0. The lowest BCUT2D eigenvalue weighted by atomic mass is 10.1. The Balaban J connectivity index is 2.27. The second-order valence-electron chi connectivity index (χ2n) is 4.65. The molecule has 0 aliphatic rings.